The van der Waals surface area contributed by atoms with E-state index in [4.69, 9.17) is 6.42 Å². The van der Waals surface area contributed by atoms with Gasteiger partial charge in [-0.3, -0.25) is 0 Å². The Labute approximate surface area is 79.5 Å². The van der Waals surface area contributed by atoms with E-state index in [-0.39, 0.29) is 5.82 Å². The van der Waals surface area contributed by atoms with Gasteiger partial charge in [0.1, 0.15) is 11.1 Å². The van der Waals surface area contributed by atoms with Crippen LogP contribution < -0.4 is 0 Å². The first kappa shape index (κ1) is 9.55. The second-order valence-corrected chi connectivity index (χ2v) is 3.09. The summed E-state index contributed by atoms with van der Waals surface area (Å²) in [5.74, 6) is 2.67. The molecule has 0 aliphatic rings. The molecule has 0 saturated heterocycles. The number of nitro groups is 1. The number of terminal acetylenes is 1. The minimum atomic E-state index is -0.515. The lowest BCUT2D eigenvalue weighted by atomic mass is 10.5. The Morgan fingerprint density at radius 2 is 2.54 bits per heavy atom. The second-order valence-electron chi connectivity index (χ2n) is 2.08. The van der Waals surface area contributed by atoms with Crippen LogP contribution in [0, 0.1) is 22.5 Å². The standard InChI is InChI=1S/C8H6N2O2S/c1-2-6-13-7-4-3-5-9-8(7)10(11)12/h1,3-5H,6H2. The van der Waals surface area contributed by atoms with Gasteiger partial charge in [-0.2, -0.15) is 0 Å². The van der Waals surface area contributed by atoms with Crippen LogP contribution in [0.4, 0.5) is 5.82 Å². The van der Waals surface area contributed by atoms with E-state index in [9.17, 15) is 10.1 Å². The molecule has 0 unspecified atom stereocenters. The highest BCUT2D eigenvalue weighted by atomic mass is 32.2. The summed E-state index contributed by atoms with van der Waals surface area (Å²) >= 11 is 1.24. The smallest absolute Gasteiger partial charge is 0.358 e. The third-order valence-corrected chi connectivity index (χ3v) is 2.18. The molecule has 0 amide bonds. The monoisotopic (exact) mass is 194 g/mol. The van der Waals surface area contributed by atoms with E-state index in [0.29, 0.717) is 10.6 Å². The summed E-state index contributed by atoms with van der Waals surface area (Å²) in [4.78, 5) is 14.1. The summed E-state index contributed by atoms with van der Waals surface area (Å²) in [5.41, 5.74) is 0. The number of thioether (sulfide) groups is 1. The molecule has 0 N–H and O–H groups in total. The van der Waals surface area contributed by atoms with Crippen molar-refractivity contribution in [3.8, 4) is 12.3 Å². The van der Waals surface area contributed by atoms with Crippen molar-refractivity contribution in [2.24, 2.45) is 0 Å². The summed E-state index contributed by atoms with van der Waals surface area (Å²) in [7, 11) is 0. The number of nitrogens with zero attached hydrogens (tertiary/aromatic N) is 2. The summed E-state index contributed by atoms with van der Waals surface area (Å²) in [6, 6.07) is 3.28. The van der Waals surface area contributed by atoms with Crippen LogP contribution in [-0.4, -0.2) is 15.7 Å². The minimum absolute atomic E-state index is 0.136. The Morgan fingerprint density at radius 1 is 1.77 bits per heavy atom. The lowest BCUT2D eigenvalue weighted by molar-refractivity contribution is -0.392. The van der Waals surface area contributed by atoms with Crippen molar-refractivity contribution < 1.29 is 4.92 Å². The van der Waals surface area contributed by atoms with Crippen molar-refractivity contribution in [2.75, 3.05) is 5.75 Å². The summed E-state index contributed by atoms with van der Waals surface area (Å²) < 4.78 is 0. The fourth-order valence-electron chi connectivity index (χ4n) is 0.751. The molecule has 1 rings (SSSR count). The van der Waals surface area contributed by atoms with Crippen LogP contribution in [0.5, 0.6) is 0 Å². The van der Waals surface area contributed by atoms with Crippen LogP contribution in [0.15, 0.2) is 23.2 Å². The molecule has 1 heterocycles. The molecular formula is C8H6N2O2S. The number of pyridine rings is 1. The first-order valence-electron chi connectivity index (χ1n) is 3.41. The predicted molar refractivity (Wildman–Crippen MR) is 50.4 cm³/mol. The quantitative estimate of drug-likeness (QED) is 0.318. The zero-order valence-electron chi connectivity index (χ0n) is 6.64. The van der Waals surface area contributed by atoms with Crippen molar-refractivity contribution in [1.82, 2.24) is 4.98 Å². The average molecular weight is 194 g/mol. The maximum absolute atomic E-state index is 10.5. The Kier molecular flexibility index (Phi) is 3.29. The van der Waals surface area contributed by atoms with Crippen LogP contribution in [0.2, 0.25) is 0 Å². The fraction of sp³-hybridized carbons (Fsp3) is 0.125. The Morgan fingerprint density at radius 3 is 3.15 bits per heavy atom. The van der Waals surface area contributed by atoms with E-state index in [1.165, 1.54) is 18.0 Å². The molecule has 0 aliphatic heterocycles. The molecule has 1 aromatic rings. The van der Waals surface area contributed by atoms with E-state index in [0.717, 1.165) is 0 Å². The lowest BCUT2D eigenvalue weighted by Crippen LogP contribution is -1.93. The van der Waals surface area contributed by atoms with Crippen LogP contribution in [0.3, 0.4) is 0 Å². The van der Waals surface area contributed by atoms with Gasteiger partial charge in [0.25, 0.3) is 0 Å². The Balaban J connectivity index is 2.92. The molecule has 1 aromatic heterocycles. The number of hydrogen-bond acceptors (Lipinski definition) is 4. The molecule has 0 bridgehead atoms. The highest BCUT2D eigenvalue weighted by Gasteiger charge is 2.13. The fourth-order valence-corrected chi connectivity index (χ4v) is 1.42. The van der Waals surface area contributed by atoms with Crippen LogP contribution >= 0.6 is 11.8 Å². The normalized spacial score (nSPS) is 9.15. The maximum Gasteiger partial charge on any atom is 0.377 e. The van der Waals surface area contributed by atoms with Gasteiger partial charge in [0.15, 0.2) is 0 Å². The van der Waals surface area contributed by atoms with E-state index in [1.807, 2.05) is 0 Å². The van der Waals surface area contributed by atoms with Gasteiger partial charge in [-0.25, -0.2) is 0 Å². The zero-order valence-corrected chi connectivity index (χ0v) is 7.45. The molecule has 4 nitrogen and oxygen atoms in total. The van der Waals surface area contributed by atoms with Crippen LogP contribution in [0.25, 0.3) is 0 Å². The maximum atomic E-state index is 10.5. The Bertz CT molecular complexity index is 359. The first-order chi connectivity index (χ1) is 6.25. The number of rotatable bonds is 3. The summed E-state index contributed by atoms with van der Waals surface area (Å²) in [6.45, 7) is 0. The van der Waals surface area contributed by atoms with E-state index >= 15 is 0 Å². The number of hydrogen-bond donors (Lipinski definition) is 0. The summed E-state index contributed by atoms with van der Waals surface area (Å²) in [6.07, 6.45) is 6.43. The third kappa shape index (κ3) is 2.46. The second kappa shape index (κ2) is 4.48. The molecule has 13 heavy (non-hydrogen) atoms. The number of aromatic nitrogens is 1. The van der Waals surface area contributed by atoms with Crippen molar-refractivity contribution >= 4 is 17.6 Å². The molecule has 0 aliphatic carbocycles. The van der Waals surface area contributed by atoms with Gasteiger partial charge in [-0.1, -0.05) is 5.92 Å². The Hall–Kier alpha value is -1.54. The highest BCUT2D eigenvalue weighted by Crippen LogP contribution is 2.25. The van der Waals surface area contributed by atoms with Crippen molar-refractivity contribution in [1.29, 1.82) is 0 Å². The van der Waals surface area contributed by atoms with Gasteiger partial charge in [0.05, 0.1) is 5.75 Å². The highest BCUT2D eigenvalue weighted by molar-refractivity contribution is 7.99. The van der Waals surface area contributed by atoms with Crippen LogP contribution in [-0.2, 0) is 0 Å². The van der Waals surface area contributed by atoms with Gasteiger partial charge in [0, 0.05) is 0 Å². The molecule has 66 valence electrons. The SMILES string of the molecule is C#CCSc1cccnc1[N+](=O)[O-]. The van der Waals surface area contributed by atoms with Gasteiger partial charge in [-0.05, 0) is 22.0 Å². The van der Waals surface area contributed by atoms with Gasteiger partial charge in [-0.15, -0.1) is 18.2 Å². The average Bonchev–Trinajstić information content (AvgIpc) is 2.15. The third-order valence-electron chi connectivity index (χ3n) is 1.23. The van der Waals surface area contributed by atoms with Crippen molar-refractivity contribution in [3.63, 3.8) is 0 Å². The van der Waals surface area contributed by atoms with Crippen molar-refractivity contribution in [3.05, 3.63) is 28.4 Å². The largest absolute Gasteiger partial charge is 0.377 e. The predicted octanol–water partition coefficient (Wildman–Crippen LogP) is 1.72. The molecule has 0 aromatic carbocycles. The minimum Gasteiger partial charge on any atom is -0.358 e. The van der Waals surface area contributed by atoms with Gasteiger partial charge in [0.2, 0.25) is 0 Å². The molecule has 5 heteroatoms. The van der Waals surface area contributed by atoms with Crippen LogP contribution in [0.1, 0.15) is 0 Å². The molecular weight excluding hydrogens is 188 g/mol. The molecule has 0 atom stereocenters. The molecule has 0 fully saturated rings. The van der Waals surface area contributed by atoms with E-state index in [1.54, 1.807) is 12.1 Å². The molecule has 0 spiro atoms. The van der Waals surface area contributed by atoms with Crippen molar-refractivity contribution in [2.45, 2.75) is 4.90 Å². The summed E-state index contributed by atoms with van der Waals surface area (Å²) in [5, 5.41) is 10.5. The molecule has 0 saturated carbocycles. The van der Waals surface area contributed by atoms with Gasteiger partial charge >= 0.3 is 5.82 Å². The van der Waals surface area contributed by atoms with E-state index < -0.39 is 4.92 Å². The topological polar surface area (TPSA) is 56.0 Å². The first-order valence-corrected chi connectivity index (χ1v) is 4.40. The van der Waals surface area contributed by atoms with Gasteiger partial charge < -0.3 is 10.1 Å². The van der Waals surface area contributed by atoms with E-state index in [2.05, 4.69) is 10.9 Å². The molecule has 0 radical (unpaired) electrons. The zero-order chi connectivity index (χ0) is 9.68. The lowest BCUT2D eigenvalue weighted by Gasteiger charge is -1.97.